The van der Waals surface area contributed by atoms with Crippen molar-refractivity contribution in [1.82, 2.24) is 16.0 Å². The molecule has 0 saturated heterocycles. The maximum Gasteiger partial charge on any atom is 0.00772 e. The van der Waals surface area contributed by atoms with E-state index < -0.39 is 0 Å². The van der Waals surface area contributed by atoms with Crippen molar-refractivity contribution in [2.24, 2.45) is 11.7 Å². The largest absolute Gasteiger partial charge is 0.329 e. The van der Waals surface area contributed by atoms with Gasteiger partial charge in [-0.15, -0.1) is 49.6 Å². The molecule has 0 bridgehead atoms. The maximum atomic E-state index is 5.46. The minimum absolute atomic E-state index is 0. The van der Waals surface area contributed by atoms with Crippen LogP contribution in [0.15, 0.2) is 0 Å². The van der Waals surface area contributed by atoms with Crippen LogP contribution in [0.4, 0.5) is 0 Å². The SMILES string of the molecule is Cl.Cl.Cl.Cl.NCCNCCNCCNCC1CCCCCCCCCCCCCC1. The molecule has 30 heavy (non-hydrogen) atoms. The van der Waals surface area contributed by atoms with Crippen molar-refractivity contribution in [1.29, 1.82) is 0 Å². The van der Waals surface area contributed by atoms with E-state index in [0.29, 0.717) is 0 Å². The number of halogens is 4. The fraction of sp³-hybridized carbons (Fsp3) is 1.00. The van der Waals surface area contributed by atoms with Gasteiger partial charge in [-0.05, 0) is 25.3 Å². The first-order chi connectivity index (χ1) is 12.9. The summed E-state index contributed by atoms with van der Waals surface area (Å²) in [5.41, 5.74) is 5.46. The molecule has 0 heterocycles. The lowest BCUT2D eigenvalue weighted by Crippen LogP contribution is -2.35. The number of nitrogens with two attached hydrogens (primary N) is 1. The molecule has 0 aromatic carbocycles. The third-order valence-corrected chi connectivity index (χ3v) is 5.69. The molecule has 1 saturated carbocycles. The van der Waals surface area contributed by atoms with Gasteiger partial charge in [-0.25, -0.2) is 0 Å². The Kier molecular flexibility index (Phi) is 41.1. The number of hydrogen-bond donors (Lipinski definition) is 4. The second-order valence-corrected chi connectivity index (χ2v) is 8.18. The molecular weight excluding hydrogens is 462 g/mol. The van der Waals surface area contributed by atoms with Crippen LogP contribution in [0.3, 0.4) is 0 Å². The topological polar surface area (TPSA) is 62.1 Å². The van der Waals surface area contributed by atoms with Crippen LogP contribution in [-0.4, -0.2) is 45.8 Å². The van der Waals surface area contributed by atoms with Crippen LogP contribution < -0.4 is 21.7 Å². The Morgan fingerprint density at radius 1 is 0.467 bits per heavy atom. The van der Waals surface area contributed by atoms with Gasteiger partial charge in [0.05, 0.1) is 0 Å². The van der Waals surface area contributed by atoms with Crippen LogP contribution in [0, 0.1) is 5.92 Å². The molecule has 0 spiro atoms. The normalized spacial score (nSPS) is 17.1. The van der Waals surface area contributed by atoms with Crippen molar-refractivity contribution in [2.75, 3.05) is 45.8 Å². The molecule has 4 nitrogen and oxygen atoms in total. The van der Waals surface area contributed by atoms with E-state index in [1.54, 1.807) is 0 Å². The summed E-state index contributed by atoms with van der Waals surface area (Å²) in [6.07, 6.45) is 20.4. The summed E-state index contributed by atoms with van der Waals surface area (Å²) in [5.74, 6) is 0.895. The molecule has 0 atom stereocenters. The van der Waals surface area contributed by atoms with Crippen LogP contribution in [0.5, 0.6) is 0 Å². The van der Waals surface area contributed by atoms with Gasteiger partial charge < -0.3 is 21.7 Å². The minimum Gasteiger partial charge on any atom is -0.329 e. The first kappa shape index (κ1) is 38.3. The van der Waals surface area contributed by atoms with Gasteiger partial charge in [-0.3, -0.25) is 0 Å². The molecule has 1 rings (SSSR count). The Hall–Kier alpha value is 1.000. The van der Waals surface area contributed by atoms with Gasteiger partial charge in [-0.2, -0.15) is 0 Å². The summed E-state index contributed by atoms with van der Waals surface area (Å²) >= 11 is 0. The Bertz CT molecular complexity index is 274. The minimum atomic E-state index is 0. The molecule has 188 valence electrons. The molecule has 1 aliphatic rings. The van der Waals surface area contributed by atoms with Crippen molar-refractivity contribution in [3.63, 3.8) is 0 Å². The van der Waals surface area contributed by atoms with Crippen LogP contribution >= 0.6 is 49.6 Å². The molecular formula is C22H52Cl4N4. The average Bonchev–Trinajstić information content (AvgIpc) is 2.66. The lowest BCUT2D eigenvalue weighted by Gasteiger charge is -2.18. The van der Waals surface area contributed by atoms with E-state index in [1.165, 1.54) is 96.4 Å². The standard InChI is InChI=1S/C22H48N4.4ClH/c23-15-16-24-17-18-25-19-20-26-21-22-13-11-9-7-5-3-1-2-4-6-8-10-12-14-22;;;;/h22,24-26H,1-21,23H2;4*1H. The number of hydrogen-bond acceptors (Lipinski definition) is 4. The highest BCUT2D eigenvalue weighted by atomic mass is 35.5. The molecule has 0 radical (unpaired) electrons. The van der Waals surface area contributed by atoms with E-state index in [4.69, 9.17) is 5.73 Å². The smallest absolute Gasteiger partial charge is 0.00772 e. The molecule has 0 aromatic heterocycles. The van der Waals surface area contributed by atoms with E-state index in [9.17, 15) is 0 Å². The summed E-state index contributed by atoms with van der Waals surface area (Å²) in [7, 11) is 0. The molecule has 1 fully saturated rings. The van der Waals surface area contributed by atoms with Gasteiger partial charge >= 0.3 is 0 Å². The molecule has 0 aliphatic heterocycles. The van der Waals surface area contributed by atoms with Gasteiger partial charge in [0.15, 0.2) is 0 Å². The van der Waals surface area contributed by atoms with Crippen LogP contribution in [-0.2, 0) is 0 Å². The zero-order valence-corrected chi connectivity index (χ0v) is 22.4. The van der Waals surface area contributed by atoms with Gasteiger partial charge in [0.1, 0.15) is 0 Å². The van der Waals surface area contributed by atoms with Crippen molar-refractivity contribution in [3.05, 3.63) is 0 Å². The van der Waals surface area contributed by atoms with Crippen molar-refractivity contribution in [3.8, 4) is 0 Å². The molecule has 8 heteroatoms. The average molecular weight is 514 g/mol. The monoisotopic (exact) mass is 512 g/mol. The fourth-order valence-corrected chi connectivity index (χ4v) is 3.99. The summed E-state index contributed by atoms with van der Waals surface area (Å²) in [5, 5.41) is 10.5. The van der Waals surface area contributed by atoms with Crippen molar-refractivity contribution in [2.45, 2.75) is 89.9 Å². The van der Waals surface area contributed by atoms with Crippen molar-refractivity contribution >= 4 is 49.6 Å². The summed E-state index contributed by atoms with van der Waals surface area (Å²) in [6.45, 7) is 7.06. The van der Waals surface area contributed by atoms with E-state index in [1.807, 2.05) is 0 Å². The quantitative estimate of drug-likeness (QED) is 0.291. The van der Waals surface area contributed by atoms with E-state index in [0.717, 1.165) is 45.2 Å². The summed E-state index contributed by atoms with van der Waals surface area (Å²) in [6, 6.07) is 0. The first-order valence-corrected chi connectivity index (χ1v) is 11.8. The lowest BCUT2D eigenvalue weighted by molar-refractivity contribution is 0.382. The fourth-order valence-electron chi connectivity index (χ4n) is 3.99. The highest BCUT2D eigenvalue weighted by molar-refractivity contribution is 5.86. The summed E-state index contributed by atoms with van der Waals surface area (Å²) < 4.78 is 0. The highest BCUT2D eigenvalue weighted by Gasteiger charge is 2.08. The van der Waals surface area contributed by atoms with Gasteiger partial charge in [0, 0.05) is 39.3 Å². The Labute approximate surface area is 212 Å². The molecule has 0 unspecified atom stereocenters. The maximum absolute atomic E-state index is 5.46. The highest BCUT2D eigenvalue weighted by Crippen LogP contribution is 2.20. The van der Waals surface area contributed by atoms with E-state index >= 15 is 0 Å². The van der Waals surface area contributed by atoms with Crippen LogP contribution in [0.25, 0.3) is 0 Å². The Morgan fingerprint density at radius 3 is 1.20 bits per heavy atom. The second kappa shape index (κ2) is 32.2. The predicted molar refractivity (Wildman–Crippen MR) is 145 cm³/mol. The predicted octanol–water partition coefficient (Wildman–Crippen LogP) is 5.49. The van der Waals surface area contributed by atoms with Crippen molar-refractivity contribution < 1.29 is 0 Å². The molecule has 1 aliphatic carbocycles. The zero-order valence-electron chi connectivity index (χ0n) is 19.1. The lowest BCUT2D eigenvalue weighted by atomic mass is 9.94. The second-order valence-electron chi connectivity index (χ2n) is 8.18. The van der Waals surface area contributed by atoms with Gasteiger partial charge in [0.25, 0.3) is 0 Å². The van der Waals surface area contributed by atoms with E-state index in [2.05, 4.69) is 16.0 Å². The molecule has 0 amide bonds. The Morgan fingerprint density at radius 2 is 0.800 bits per heavy atom. The van der Waals surface area contributed by atoms with Gasteiger partial charge in [-0.1, -0.05) is 77.0 Å². The molecule has 5 N–H and O–H groups in total. The first-order valence-electron chi connectivity index (χ1n) is 11.8. The summed E-state index contributed by atoms with van der Waals surface area (Å²) in [4.78, 5) is 0. The van der Waals surface area contributed by atoms with Crippen LogP contribution in [0.2, 0.25) is 0 Å². The Balaban J connectivity index is -0.000000845. The van der Waals surface area contributed by atoms with E-state index in [-0.39, 0.29) is 49.6 Å². The third-order valence-electron chi connectivity index (χ3n) is 5.69. The van der Waals surface area contributed by atoms with Gasteiger partial charge in [0.2, 0.25) is 0 Å². The van der Waals surface area contributed by atoms with Crippen LogP contribution in [0.1, 0.15) is 89.9 Å². The number of nitrogens with one attached hydrogen (secondary N) is 3. The molecule has 0 aromatic rings. The third kappa shape index (κ3) is 27.0. The number of rotatable bonds is 10. The zero-order chi connectivity index (χ0) is 18.5.